The van der Waals surface area contributed by atoms with Gasteiger partial charge in [0.25, 0.3) is 0 Å². The van der Waals surface area contributed by atoms with Gasteiger partial charge in [-0.05, 0) is 63.9 Å². The first-order chi connectivity index (χ1) is 8.17. The average molecular weight is 358 g/mol. The van der Waals surface area contributed by atoms with Crippen LogP contribution in [0.1, 0.15) is 13.8 Å². The number of pyridine rings is 1. The molecule has 0 aliphatic heterocycles. The zero-order chi connectivity index (χ0) is 12.4. The van der Waals surface area contributed by atoms with Gasteiger partial charge in [-0.15, -0.1) is 0 Å². The smallest absolute Gasteiger partial charge is 0.0715 e. The van der Waals surface area contributed by atoms with Crippen LogP contribution in [0, 0.1) is 0 Å². The molecule has 0 N–H and O–H groups in total. The number of hydrogen-bond donors (Lipinski definition) is 0. The molecule has 0 saturated carbocycles. The number of anilines is 1. The Hall–Kier alpha value is -0.610. The second-order valence-corrected chi connectivity index (χ2v) is 5.44. The topological polar surface area (TPSA) is 16.1 Å². The van der Waals surface area contributed by atoms with Crippen LogP contribution >= 0.6 is 31.9 Å². The highest BCUT2D eigenvalue weighted by molar-refractivity contribution is 9.13. The predicted octanol–water partition coefficient (Wildman–Crippen LogP) is 4.61. The van der Waals surface area contributed by atoms with Crippen molar-refractivity contribution in [1.29, 1.82) is 0 Å². The highest BCUT2D eigenvalue weighted by Crippen LogP contribution is 2.32. The molecule has 0 saturated heterocycles. The molecule has 17 heavy (non-hydrogen) atoms. The van der Waals surface area contributed by atoms with Crippen molar-refractivity contribution in [1.82, 2.24) is 4.98 Å². The van der Waals surface area contributed by atoms with E-state index >= 15 is 0 Å². The first kappa shape index (κ1) is 12.8. The summed E-state index contributed by atoms with van der Waals surface area (Å²) in [4.78, 5) is 6.72. The van der Waals surface area contributed by atoms with Crippen LogP contribution in [0.15, 0.2) is 33.3 Å². The van der Waals surface area contributed by atoms with Gasteiger partial charge in [-0.25, -0.2) is 0 Å². The van der Waals surface area contributed by atoms with Crippen LogP contribution < -0.4 is 4.90 Å². The van der Waals surface area contributed by atoms with Crippen LogP contribution in [0.3, 0.4) is 0 Å². The fraction of sp³-hybridized carbons (Fsp3) is 0.308. The van der Waals surface area contributed by atoms with Crippen molar-refractivity contribution in [3.05, 3.63) is 33.3 Å². The molecule has 2 aromatic rings. The monoisotopic (exact) mass is 356 g/mol. The summed E-state index contributed by atoms with van der Waals surface area (Å²) in [6, 6.07) is 6.38. The number of nitrogens with zero attached hydrogens (tertiary/aromatic N) is 2. The highest BCUT2D eigenvalue weighted by Gasteiger charge is 2.07. The summed E-state index contributed by atoms with van der Waals surface area (Å²) in [6.07, 6.45) is 1.82. The van der Waals surface area contributed by atoms with E-state index in [0.717, 1.165) is 32.9 Å². The summed E-state index contributed by atoms with van der Waals surface area (Å²) in [6.45, 7) is 6.37. The van der Waals surface area contributed by atoms with E-state index in [-0.39, 0.29) is 0 Å². The van der Waals surface area contributed by atoms with Gasteiger partial charge in [-0.3, -0.25) is 4.98 Å². The number of aromatic nitrogens is 1. The fourth-order valence-electron chi connectivity index (χ4n) is 1.91. The first-order valence-corrected chi connectivity index (χ1v) is 7.24. The van der Waals surface area contributed by atoms with Crippen molar-refractivity contribution in [3.63, 3.8) is 0 Å². The van der Waals surface area contributed by atoms with Crippen LogP contribution in [-0.2, 0) is 0 Å². The zero-order valence-electron chi connectivity index (χ0n) is 9.87. The Morgan fingerprint density at radius 2 is 1.88 bits per heavy atom. The molecule has 0 fully saturated rings. The average Bonchev–Trinajstić information content (AvgIpc) is 2.36. The molecule has 0 bridgehead atoms. The molecule has 0 unspecified atom stereocenters. The van der Waals surface area contributed by atoms with E-state index in [4.69, 9.17) is 0 Å². The van der Waals surface area contributed by atoms with Gasteiger partial charge in [0, 0.05) is 34.8 Å². The van der Waals surface area contributed by atoms with Crippen molar-refractivity contribution in [2.24, 2.45) is 0 Å². The second-order valence-electron chi connectivity index (χ2n) is 3.79. The van der Waals surface area contributed by atoms with Crippen LogP contribution in [0.25, 0.3) is 10.9 Å². The normalized spacial score (nSPS) is 10.8. The lowest BCUT2D eigenvalue weighted by atomic mass is 10.2. The molecule has 4 heteroatoms. The zero-order valence-corrected chi connectivity index (χ0v) is 13.0. The predicted molar refractivity (Wildman–Crippen MR) is 80.7 cm³/mol. The molecule has 1 heterocycles. The molecule has 1 aromatic carbocycles. The summed E-state index contributed by atoms with van der Waals surface area (Å²) in [5, 5.41) is 1.14. The summed E-state index contributed by atoms with van der Waals surface area (Å²) >= 11 is 7.09. The van der Waals surface area contributed by atoms with Crippen LogP contribution in [0.4, 0.5) is 5.69 Å². The third-order valence-corrected chi connectivity index (χ3v) is 4.86. The lowest BCUT2D eigenvalue weighted by Gasteiger charge is -2.21. The molecule has 0 amide bonds. The number of benzene rings is 1. The number of hydrogen-bond acceptors (Lipinski definition) is 2. The lowest BCUT2D eigenvalue weighted by Crippen LogP contribution is -2.21. The lowest BCUT2D eigenvalue weighted by molar-refractivity contribution is 0.867. The van der Waals surface area contributed by atoms with Gasteiger partial charge in [0.15, 0.2) is 0 Å². The highest BCUT2D eigenvalue weighted by atomic mass is 79.9. The maximum Gasteiger partial charge on any atom is 0.0715 e. The summed E-state index contributed by atoms with van der Waals surface area (Å²) in [7, 11) is 0. The Kier molecular flexibility index (Phi) is 4.05. The minimum atomic E-state index is 0.988. The van der Waals surface area contributed by atoms with E-state index in [1.165, 1.54) is 5.69 Å². The Morgan fingerprint density at radius 1 is 1.18 bits per heavy atom. The van der Waals surface area contributed by atoms with E-state index in [9.17, 15) is 0 Å². The quantitative estimate of drug-likeness (QED) is 0.797. The number of fused-ring (bicyclic) bond motifs is 1. The molecule has 90 valence electrons. The van der Waals surface area contributed by atoms with Crippen LogP contribution in [-0.4, -0.2) is 18.1 Å². The van der Waals surface area contributed by atoms with Gasteiger partial charge in [-0.1, -0.05) is 0 Å². The van der Waals surface area contributed by atoms with Gasteiger partial charge < -0.3 is 4.90 Å². The third kappa shape index (κ3) is 2.47. The van der Waals surface area contributed by atoms with E-state index < -0.39 is 0 Å². The van der Waals surface area contributed by atoms with Crippen LogP contribution in [0.5, 0.6) is 0 Å². The Morgan fingerprint density at radius 3 is 2.53 bits per heavy atom. The minimum absolute atomic E-state index is 0.988. The Bertz CT molecular complexity index is 536. The van der Waals surface area contributed by atoms with Crippen LogP contribution in [0.2, 0.25) is 0 Å². The maximum atomic E-state index is 4.40. The summed E-state index contributed by atoms with van der Waals surface area (Å²) in [5.74, 6) is 0. The molecular formula is C13H14Br2N2. The minimum Gasteiger partial charge on any atom is -0.372 e. The number of rotatable bonds is 3. The standard InChI is InChI=1S/C13H14Br2N2/c1-3-17(4-2)9-5-6-12-10(7-9)13(15)11(14)8-16-12/h5-8H,3-4H2,1-2H3. The Balaban J connectivity index is 2.59. The third-order valence-electron chi connectivity index (χ3n) is 2.87. The van der Waals surface area contributed by atoms with E-state index in [2.05, 4.69) is 73.8 Å². The fourth-order valence-corrected chi connectivity index (χ4v) is 2.65. The van der Waals surface area contributed by atoms with Gasteiger partial charge in [0.1, 0.15) is 0 Å². The molecule has 1 aromatic heterocycles. The van der Waals surface area contributed by atoms with Gasteiger partial charge >= 0.3 is 0 Å². The summed E-state index contributed by atoms with van der Waals surface area (Å²) in [5.41, 5.74) is 2.25. The van der Waals surface area contributed by atoms with Crippen molar-refractivity contribution >= 4 is 48.5 Å². The molecule has 0 aliphatic rings. The number of halogens is 2. The molecule has 0 spiro atoms. The van der Waals surface area contributed by atoms with Crippen molar-refractivity contribution in [2.75, 3.05) is 18.0 Å². The SMILES string of the molecule is CCN(CC)c1ccc2ncc(Br)c(Br)c2c1. The molecule has 0 atom stereocenters. The first-order valence-electron chi connectivity index (χ1n) is 5.66. The summed E-state index contributed by atoms with van der Waals surface area (Å²) < 4.78 is 2.05. The molecule has 0 aliphatic carbocycles. The van der Waals surface area contributed by atoms with Crippen molar-refractivity contribution < 1.29 is 0 Å². The molecule has 2 rings (SSSR count). The maximum absolute atomic E-state index is 4.40. The van der Waals surface area contributed by atoms with Gasteiger partial charge in [0.2, 0.25) is 0 Å². The van der Waals surface area contributed by atoms with Gasteiger partial charge in [0.05, 0.1) is 9.99 Å². The molecule has 0 radical (unpaired) electrons. The van der Waals surface area contributed by atoms with Crippen molar-refractivity contribution in [2.45, 2.75) is 13.8 Å². The Labute approximate surface area is 118 Å². The van der Waals surface area contributed by atoms with E-state index in [1.54, 1.807) is 0 Å². The largest absolute Gasteiger partial charge is 0.372 e. The van der Waals surface area contributed by atoms with E-state index in [0.29, 0.717) is 0 Å². The second kappa shape index (κ2) is 5.36. The van der Waals surface area contributed by atoms with Gasteiger partial charge in [-0.2, -0.15) is 0 Å². The van der Waals surface area contributed by atoms with E-state index in [1.807, 2.05) is 6.20 Å². The molecular weight excluding hydrogens is 344 g/mol. The van der Waals surface area contributed by atoms with Crippen molar-refractivity contribution in [3.8, 4) is 0 Å². The molecule has 2 nitrogen and oxygen atoms in total.